The molecule has 0 spiro atoms. The molecule has 1 heterocycles. The Hall–Kier alpha value is -1.69. The molecule has 18 heavy (non-hydrogen) atoms. The molecule has 0 fully saturated rings. The molecule has 1 aliphatic rings. The van der Waals surface area contributed by atoms with Crippen LogP contribution in [0.15, 0.2) is 12.2 Å². The van der Waals surface area contributed by atoms with Gasteiger partial charge in [-0.15, -0.1) is 0 Å². The van der Waals surface area contributed by atoms with Crippen LogP contribution in [0.4, 0.5) is 0 Å². The molecule has 1 unspecified atom stereocenters. The van der Waals surface area contributed by atoms with Gasteiger partial charge in [0.25, 0.3) is 11.8 Å². The van der Waals surface area contributed by atoms with Gasteiger partial charge in [0.15, 0.2) is 0 Å². The number of nitrogens with zero attached hydrogens (tertiary/aromatic N) is 1. The Bertz CT molecular complexity index is 381. The number of hydrogen-bond acceptors (Lipinski definition) is 5. The summed E-state index contributed by atoms with van der Waals surface area (Å²) >= 11 is 0. The minimum atomic E-state index is -0.974. The van der Waals surface area contributed by atoms with Crippen LogP contribution in [-0.2, 0) is 19.1 Å². The van der Waals surface area contributed by atoms with Crippen LogP contribution in [0.25, 0.3) is 0 Å². The molecule has 0 aromatic carbocycles. The molecule has 6 nitrogen and oxygen atoms in total. The molecule has 0 aromatic heterocycles. The van der Waals surface area contributed by atoms with Crippen molar-refractivity contribution in [3.05, 3.63) is 12.2 Å². The lowest BCUT2D eigenvalue weighted by Crippen LogP contribution is -2.46. The second kappa shape index (κ2) is 5.30. The molecule has 0 aliphatic carbocycles. The van der Waals surface area contributed by atoms with Gasteiger partial charge in [-0.2, -0.15) is 0 Å². The topological polar surface area (TPSA) is 83.9 Å². The van der Waals surface area contributed by atoms with Crippen LogP contribution in [0.2, 0.25) is 0 Å². The molecular formula is C12H17NO5. The van der Waals surface area contributed by atoms with Crippen molar-refractivity contribution in [3.8, 4) is 0 Å². The molecule has 2 amide bonds. The number of imide groups is 1. The highest BCUT2D eigenvalue weighted by molar-refractivity contribution is 6.14. The van der Waals surface area contributed by atoms with Gasteiger partial charge in [-0.05, 0) is 20.8 Å². The average molecular weight is 255 g/mol. The Kier molecular flexibility index (Phi) is 4.24. The Morgan fingerprint density at radius 1 is 1.39 bits per heavy atom. The van der Waals surface area contributed by atoms with Crippen LogP contribution in [0.3, 0.4) is 0 Å². The first kappa shape index (κ1) is 14.4. The fraction of sp³-hybridized carbons (Fsp3) is 0.583. The van der Waals surface area contributed by atoms with Gasteiger partial charge < -0.3 is 9.84 Å². The van der Waals surface area contributed by atoms with Gasteiger partial charge in [-0.3, -0.25) is 14.5 Å². The summed E-state index contributed by atoms with van der Waals surface area (Å²) in [5, 5.41) is 8.83. The smallest absolute Gasteiger partial charge is 0.329 e. The van der Waals surface area contributed by atoms with E-state index in [1.807, 2.05) is 0 Å². The first-order valence-electron chi connectivity index (χ1n) is 5.67. The molecule has 0 bridgehead atoms. The van der Waals surface area contributed by atoms with Crippen molar-refractivity contribution >= 4 is 17.8 Å². The summed E-state index contributed by atoms with van der Waals surface area (Å²) in [7, 11) is 0. The number of carbonyl (C=O) groups excluding carboxylic acids is 3. The number of ether oxygens (including phenoxy) is 1. The van der Waals surface area contributed by atoms with Crippen molar-refractivity contribution in [1.29, 1.82) is 0 Å². The van der Waals surface area contributed by atoms with Crippen LogP contribution in [0, 0.1) is 0 Å². The predicted octanol–water partition coefficient (Wildman–Crippen LogP) is 0.00410. The minimum absolute atomic E-state index is 0.113. The highest BCUT2D eigenvalue weighted by Crippen LogP contribution is 2.17. The van der Waals surface area contributed by atoms with Crippen molar-refractivity contribution in [2.24, 2.45) is 0 Å². The van der Waals surface area contributed by atoms with Gasteiger partial charge in [-0.1, -0.05) is 0 Å². The maximum Gasteiger partial charge on any atom is 0.329 e. The fourth-order valence-corrected chi connectivity index (χ4v) is 1.58. The van der Waals surface area contributed by atoms with Gasteiger partial charge in [0.2, 0.25) is 0 Å². The van der Waals surface area contributed by atoms with Gasteiger partial charge in [0, 0.05) is 25.2 Å². The lowest BCUT2D eigenvalue weighted by molar-refractivity contribution is -0.167. The van der Waals surface area contributed by atoms with Crippen molar-refractivity contribution in [3.63, 3.8) is 0 Å². The van der Waals surface area contributed by atoms with Gasteiger partial charge in [-0.25, -0.2) is 4.79 Å². The number of amides is 2. The molecule has 1 atom stereocenters. The molecule has 1 rings (SSSR count). The van der Waals surface area contributed by atoms with Crippen LogP contribution in [-0.4, -0.2) is 46.0 Å². The number of aliphatic hydroxyl groups excluding tert-OH is 1. The van der Waals surface area contributed by atoms with Crippen molar-refractivity contribution < 1.29 is 24.2 Å². The molecule has 0 aromatic rings. The van der Waals surface area contributed by atoms with E-state index in [1.165, 1.54) is 6.92 Å². The maximum absolute atomic E-state index is 11.8. The first-order chi connectivity index (χ1) is 8.28. The van der Waals surface area contributed by atoms with Crippen molar-refractivity contribution in [2.45, 2.75) is 38.8 Å². The van der Waals surface area contributed by atoms with Crippen LogP contribution < -0.4 is 0 Å². The Morgan fingerprint density at radius 2 is 1.89 bits per heavy atom. The first-order valence-corrected chi connectivity index (χ1v) is 5.67. The second-order valence-corrected chi connectivity index (χ2v) is 4.71. The summed E-state index contributed by atoms with van der Waals surface area (Å²) in [5.74, 6) is -1.72. The number of carbonyl (C=O) groups is 3. The van der Waals surface area contributed by atoms with Crippen molar-refractivity contribution in [2.75, 3.05) is 6.61 Å². The summed E-state index contributed by atoms with van der Waals surface area (Å²) in [6.07, 6.45) is 2.52. The SMILES string of the molecule is CC(C(=O)OC(C)(C)CCO)N1C(=O)C=CC1=O. The second-order valence-electron chi connectivity index (χ2n) is 4.71. The van der Waals surface area contributed by atoms with Gasteiger partial charge >= 0.3 is 5.97 Å². The highest BCUT2D eigenvalue weighted by Gasteiger charge is 2.35. The fourth-order valence-electron chi connectivity index (χ4n) is 1.58. The molecular weight excluding hydrogens is 238 g/mol. The summed E-state index contributed by atoms with van der Waals surface area (Å²) in [6.45, 7) is 4.62. The number of esters is 1. The molecule has 1 N–H and O–H groups in total. The number of hydrogen-bond donors (Lipinski definition) is 1. The normalized spacial score (nSPS) is 17.2. The molecule has 0 saturated carbocycles. The number of aliphatic hydroxyl groups is 1. The van der Waals surface area contributed by atoms with Gasteiger partial charge in [0.1, 0.15) is 11.6 Å². The zero-order valence-electron chi connectivity index (χ0n) is 10.7. The standard InChI is InChI=1S/C12H17NO5/c1-8(13-9(15)4-5-10(13)16)11(17)18-12(2,3)6-7-14/h4-5,8,14H,6-7H2,1-3H3. The summed E-state index contributed by atoms with van der Waals surface area (Å²) in [6, 6.07) is -0.974. The Labute approximate surface area is 105 Å². The Morgan fingerprint density at radius 3 is 2.33 bits per heavy atom. The Balaban J connectivity index is 2.68. The monoisotopic (exact) mass is 255 g/mol. The molecule has 0 radical (unpaired) electrons. The highest BCUT2D eigenvalue weighted by atomic mass is 16.6. The quantitative estimate of drug-likeness (QED) is 0.552. The number of rotatable bonds is 5. The van der Waals surface area contributed by atoms with Crippen LogP contribution in [0.1, 0.15) is 27.2 Å². The third kappa shape index (κ3) is 3.16. The van der Waals surface area contributed by atoms with E-state index in [0.717, 1.165) is 17.1 Å². The van der Waals surface area contributed by atoms with E-state index in [2.05, 4.69) is 0 Å². The third-order valence-corrected chi connectivity index (χ3v) is 2.66. The third-order valence-electron chi connectivity index (χ3n) is 2.66. The molecule has 1 aliphatic heterocycles. The predicted molar refractivity (Wildman–Crippen MR) is 62.3 cm³/mol. The zero-order valence-corrected chi connectivity index (χ0v) is 10.7. The van der Waals surface area contributed by atoms with Crippen LogP contribution >= 0.6 is 0 Å². The molecule has 0 saturated heterocycles. The summed E-state index contributed by atoms with van der Waals surface area (Å²) in [4.78, 5) is 35.5. The minimum Gasteiger partial charge on any atom is -0.458 e. The zero-order chi connectivity index (χ0) is 13.9. The van der Waals surface area contributed by atoms with E-state index in [9.17, 15) is 14.4 Å². The average Bonchev–Trinajstić information content (AvgIpc) is 2.56. The largest absolute Gasteiger partial charge is 0.458 e. The summed E-state index contributed by atoms with van der Waals surface area (Å²) < 4.78 is 5.18. The van der Waals surface area contributed by atoms with E-state index >= 15 is 0 Å². The van der Waals surface area contributed by atoms with Crippen molar-refractivity contribution in [1.82, 2.24) is 4.90 Å². The lowest BCUT2D eigenvalue weighted by Gasteiger charge is -2.28. The lowest BCUT2D eigenvalue weighted by atomic mass is 10.1. The van der Waals surface area contributed by atoms with E-state index < -0.39 is 29.4 Å². The summed E-state index contributed by atoms with van der Waals surface area (Å²) in [5.41, 5.74) is -0.834. The molecule has 100 valence electrons. The van der Waals surface area contributed by atoms with E-state index in [-0.39, 0.29) is 13.0 Å². The van der Waals surface area contributed by atoms with E-state index in [0.29, 0.717) is 0 Å². The van der Waals surface area contributed by atoms with E-state index in [4.69, 9.17) is 9.84 Å². The molecule has 6 heteroatoms. The van der Waals surface area contributed by atoms with E-state index in [1.54, 1.807) is 13.8 Å². The van der Waals surface area contributed by atoms with Gasteiger partial charge in [0.05, 0.1) is 0 Å². The maximum atomic E-state index is 11.8. The van der Waals surface area contributed by atoms with Crippen LogP contribution in [0.5, 0.6) is 0 Å².